The number of aromatic amines is 1. The van der Waals surface area contributed by atoms with Gasteiger partial charge in [-0.1, -0.05) is 18.2 Å². The number of carbonyl (C=O) groups excluding carboxylic acids is 2. The first kappa shape index (κ1) is 27.8. The topological polar surface area (TPSA) is 106 Å². The van der Waals surface area contributed by atoms with Gasteiger partial charge in [-0.2, -0.15) is 13.2 Å². The second-order valence-corrected chi connectivity index (χ2v) is 9.66. The predicted molar refractivity (Wildman–Crippen MR) is 147 cm³/mol. The molecule has 1 aliphatic heterocycles. The molecule has 0 saturated carbocycles. The second-order valence-electron chi connectivity index (χ2n) is 9.66. The molecule has 0 radical (unpaired) electrons. The molecule has 0 atom stereocenters. The highest BCUT2D eigenvalue weighted by atomic mass is 19.4. The molecule has 2 aromatic carbocycles. The van der Waals surface area contributed by atoms with Gasteiger partial charge in [-0.3, -0.25) is 20.0 Å². The summed E-state index contributed by atoms with van der Waals surface area (Å²) in [4.78, 5) is 41.0. The quantitative estimate of drug-likeness (QED) is 0.293. The Labute approximate surface area is 234 Å². The number of hydrogen-bond donors (Lipinski definition) is 3. The zero-order chi connectivity index (χ0) is 28.8. The highest BCUT2D eigenvalue weighted by molar-refractivity contribution is 5.99. The average molecular weight is 564 g/mol. The maximum atomic E-state index is 13.0. The summed E-state index contributed by atoms with van der Waals surface area (Å²) in [5.74, 6) is 0.925. The minimum atomic E-state index is -4.44. The minimum absolute atomic E-state index is 0.00224. The van der Waals surface area contributed by atoms with E-state index in [9.17, 15) is 22.8 Å². The third-order valence-electron chi connectivity index (χ3n) is 6.69. The lowest BCUT2D eigenvalue weighted by molar-refractivity contribution is -0.137. The first-order valence-electron chi connectivity index (χ1n) is 13.0. The van der Waals surface area contributed by atoms with Gasteiger partial charge in [-0.25, -0.2) is 9.78 Å². The number of pyridine rings is 1. The SMILES string of the molecule is O=C(Nc1ccc(C(F)(F)F)cc1)Nc1cnc(Cc2ccc(C(=O)N3CCN(Cc4ccccn4)CC3)cc2)[nH]1. The summed E-state index contributed by atoms with van der Waals surface area (Å²) in [7, 11) is 0. The molecule has 9 nitrogen and oxygen atoms in total. The number of nitrogens with zero attached hydrogens (tertiary/aromatic N) is 4. The molecule has 1 fully saturated rings. The Morgan fingerprint density at radius 2 is 1.61 bits per heavy atom. The number of anilines is 2. The number of hydrogen-bond acceptors (Lipinski definition) is 5. The van der Waals surface area contributed by atoms with Crippen LogP contribution in [-0.2, 0) is 19.1 Å². The Hall–Kier alpha value is -4.71. The van der Waals surface area contributed by atoms with Gasteiger partial charge in [0.2, 0.25) is 0 Å². The van der Waals surface area contributed by atoms with Crippen molar-refractivity contribution in [3.05, 3.63) is 107 Å². The first-order chi connectivity index (χ1) is 19.7. The number of piperazine rings is 1. The van der Waals surface area contributed by atoms with Crippen molar-refractivity contribution < 1.29 is 22.8 Å². The van der Waals surface area contributed by atoms with Crippen LogP contribution in [0.3, 0.4) is 0 Å². The van der Waals surface area contributed by atoms with Crippen LogP contribution in [0.25, 0.3) is 0 Å². The molecule has 212 valence electrons. The number of carbonyl (C=O) groups is 2. The molecule has 1 aliphatic rings. The van der Waals surface area contributed by atoms with E-state index in [2.05, 4.69) is 30.5 Å². The normalized spacial score (nSPS) is 14.1. The van der Waals surface area contributed by atoms with Crippen LogP contribution < -0.4 is 10.6 Å². The third-order valence-corrected chi connectivity index (χ3v) is 6.69. The minimum Gasteiger partial charge on any atom is -0.336 e. The van der Waals surface area contributed by atoms with Gasteiger partial charge in [0.1, 0.15) is 11.6 Å². The summed E-state index contributed by atoms with van der Waals surface area (Å²) >= 11 is 0. The molecule has 4 aromatic rings. The maximum Gasteiger partial charge on any atom is 0.416 e. The van der Waals surface area contributed by atoms with E-state index in [-0.39, 0.29) is 11.6 Å². The number of alkyl halides is 3. The van der Waals surface area contributed by atoms with Crippen LogP contribution in [0.15, 0.2) is 79.1 Å². The number of H-pyrrole nitrogens is 1. The highest BCUT2D eigenvalue weighted by Gasteiger charge is 2.30. The summed E-state index contributed by atoms with van der Waals surface area (Å²) in [5.41, 5.74) is 1.99. The van der Waals surface area contributed by atoms with Gasteiger partial charge in [0.15, 0.2) is 0 Å². The summed E-state index contributed by atoms with van der Waals surface area (Å²) in [6.45, 7) is 3.66. The number of urea groups is 1. The summed E-state index contributed by atoms with van der Waals surface area (Å²) < 4.78 is 38.1. The number of aromatic nitrogens is 3. The average Bonchev–Trinajstić information content (AvgIpc) is 3.40. The number of rotatable bonds is 7. The molecule has 5 rings (SSSR count). The van der Waals surface area contributed by atoms with Gasteiger partial charge >= 0.3 is 12.2 Å². The molecule has 3 N–H and O–H groups in total. The highest BCUT2D eigenvalue weighted by Crippen LogP contribution is 2.29. The predicted octanol–water partition coefficient (Wildman–Crippen LogP) is 5.02. The molecule has 3 amide bonds. The van der Waals surface area contributed by atoms with Gasteiger partial charge in [-0.15, -0.1) is 0 Å². The fourth-order valence-electron chi connectivity index (χ4n) is 4.51. The summed E-state index contributed by atoms with van der Waals surface area (Å²) in [6.07, 6.45) is -0.759. The van der Waals surface area contributed by atoms with Crippen molar-refractivity contribution in [1.82, 2.24) is 24.8 Å². The fraction of sp³-hybridized carbons (Fsp3) is 0.241. The molecule has 1 saturated heterocycles. The Bertz CT molecular complexity index is 1470. The molecular formula is C29H28F3N7O2. The van der Waals surface area contributed by atoms with Crippen molar-refractivity contribution in [2.75, 3.05) is 36.8 Å². The van der Waals surface area contributed by atoms with Crippen LogP contribution in [0.5, 0.6) is 0 Å². The van der Waals surface area contributed by atoms with Gasteiger partial charge in [0.25, 0.3) is 5.91 Å². The zero-order valence-corrected chi connectivity index (χ0v) is 22.0. The van der Waals surface area contributed by atoms with Gasteiger partial charge < -0.3 is 15.2 Å². The number of amides is 3. The molecule has 41 heavy (non-hydrogen) atoms. The van der Waals surface area contributed by atoms with Crippen molar-refractivity contribution >= 4 is 23.4 Å². The van der Waals surface area contributed by atoms with Crippen molar-refractivity contribution in [1.29, 1.82) is 0 Å². The van der Waals surface area contributed by atoms with E-state index in [0.717, 1.165) is 43.0 Å². The molecule has 3 heterocycles. The summed E-state index contributed by atoms with van der Waals surface area (Å²) in [5, 5.41) is 5.05. The number of halogens is 3. The first-order valence-corrected chi connectivity index (χ1v) is 13.0. The lowest BCUT2D eigenvalue weighted by Gasteiger charge is -2.34. The van der Waals surface area contributed by atoms with Crippen LogP contribution in [0.4, 0.5) is 29.5 Å². The van der Waals surface area contributed by atoms with Gasteiger partial charge in [0, 0.05) is 56.6 Å². The Morgan fingerprint density at radius 1 is 0.878 bits per heavy atom. The molecular weight excluding hydrogens is 535 g/mol. The largest absolute Gasteiger partial charge is 0.416 e. The molecule has 0 aliphatic carbocycles. The van der Waals surface area contributed by atoms with Crippen LogP contribution in [-0.4, -0.2) is 62.9 Å². The molecule has 0 unspecified atom stereocenters. The van der Waals surface area contributed by atoms with Crippen molar-refractivity contribution in [2.24, 2.45) is 0 Å². The summed E-state index contributed by atoms with van der Waals surface area (Å²) in [6, 6.07) is 16.8. The fourth-order valence-corrected chi connectivity index (χ4v) is 4.51. The Morgan fingerprint density at radius 3 is 2.27 bits per heavy atom. The van der Waals surface area contributed by atoms with E-state index in [0.29, 0.717) is 36.7 Å². The second kappa shape index (κ2) is 12.2. The van der Waals surface area contributed by atoms with Gasteiger partial charge in [0.05, 0.1) is 17.5 Å². The number of nitrogens with one attached hydrogen (secondary N) is 3. The van der Waals surface area contributed by atoms with E-state index >= 15 is 0 Å². The molecule has 0 bridgehead atoms. The van der Waals surface area contributed by atoms with Gasteiger partial charge in [-0.05, 0) is 54.1 Å². The van der Waals surface area contributed by atoms with Crippen LogP contribution in [0, 0.1) is 0 Å². The Kier molecular flexibility index (Phi) is 8.29. The molecule has 12 heteroatoms. The van der Waals surface area contributed by atoms with Crippen molar-refractivity contribution in [2.45, 2.75) is 19.1 Å². The lowest BCUT2D eigenvalue weighted by Crippen LogP contribution is -2.48. The number of benzene rings is 2. The van der Waals surface area contributed by atoms with E-state index in [1.165, 1.54) is 18.3 Å². The van der Waals surface area contributed by atoms with Crippen molar-refractivity contribution in [3.8, 4) is 0 Å². The smallest absolute Gasteiger partial charge is 0.336 e. The molecule has 0 spiro atoms. The number of imidazole rings is 1. The van der Waals surface area contributed by atoms with E-state index < -0.39 is 17.8 Å². The van der Waals surface area contributed by atoms with E-state index in [1.54, 1.807) is 18.3 Å². The monoisotopic (exact) mass is 563 g/mol. The van der Waals surface area contributed by atoms with Crippen molar-refractivity contribution in [3.63, 3.8) is 0 Å². The van der Waals surface area contributed by atoms with Crippen LogP contribution in [0.2, 0.25) is 0 Å². The third kappa shape index (κ3) is 7.48. The maximum absolute atomic E-state index is 13.0. The standard InChI is InChI=1S/C29H28F3N7O2/c30-29(31,32)22-8-10-23(11-9-22)35-28(41)37-26-18-34-25(36-26)17-20-4-6-21(7-5-20)27(40)39-15-13-38(14-16-39)19-24-3-1-2-12-33-24/h1-12,18H,13-17,19H2,(H,34,36)(H2,35,37,41). The Balaban J connectivity index is 1.09. The van der Waals surface area contributed by atoms with E-state index in [1.807, 2.05) is 35.2 Å². The van der Waals surface area contributed by atoms with Crippen LogP contribution in [0.1, 0.15) is 33.0 Å². The lowest BCUT2D eigenvalue weighted by atomic mass is 10.1. The van der Waals surface area contributed by atoms with E-state index in [4.69, 9.17) is 0 Å². The van der Waals surface area contributed by atoms with Crippen LogP contribution >= 0.6 is 0 Å². The zero-order valence-electron chi connectivity index (χ0n) is 22.0. The molecule has 2 aromatic heterocycles.